The van der Waals surface area contributed by atoms with Crippen LogP contribution in [0, 0.1) is 6.92 Å². The minimum Gasteiger partial charge on any atom is -0.508 e. The number of aliphatic carboxylic acids is 1. The molecule has 0 unspecified atom stereocenters. The van der Waals surface area contributed by atoms with Gasteiger partial charge < -0.3 is 14.6 Å². The van der Waals surface area contributed by atoms with Gasteiger partial charge >= 0.3 is 5.97 Å². The number of phenols is 1. The predicted octanol–water partition coefficient (Wildman–Crippen LogP) is 2.84. The highest BCUT2D eigenvalue weighted by atomic mass is 16.4. The second-order valence-corrected chi connectivity index (χ2v) is 5.87. The first-order chi connectivity index (χ1) is 12.0. The fourth-order valence-electron chi connectivity index (χ4n) is 2.82. The summed E-state index contributed by atoms with van der Waals surface area (Å²) in [5.74, 6) is -0.0963. The van der Waals surface area contributed by atoms with E-state index in [9.17, 15) is 14.7 Å². The average molecular weight is 342 g/mol. The van der Waals surface area contributed by atoms with Crippen LogP contribution in [0.25, 0.3) is 0 Å². The third-order valence-corrected chi connectivity index (χ3v) is 4.04. The maximum atomic E-state index is 12.5. The van der Waals surface area contributed by atoms with E-state index >= 15 is 0 Å². The maximum Gasteiger partial charge on any atom is 0.303 e. The molecule has 1 amide bonds. The van der Waals surface area contributed by atoms with E-state index in [1.54, 1.807) is 30.3 Å². The lowest BCUT2D eigenvalue weighted by Crippen LogP contribution is -2.27. The Labute approximate surface area is 144 Å². The molecule has 1 atom stereocenters. The Balaban J connectivity index is 1.92. The monoisotopic (exact) mass is 342 g/mol. The number of aromatic hydroxyl groups is 1. The van der Waals surface area contributed by atoms with E-state index in [-0.39, 0.29) is 18.6 Å². The molecule has 0 bridgehead atoms. The number of carboxylic acids is 1. The van der Waals surface area contributed by atoms with Crippen molar-refractivity contribution in [1.82, 2.24) is 5.01 Å². The van der Waals surface area contributed by atoms with Crippen LogP contribution in [0.4, 0.5) is 0 Å². The SMILES string of the molecule is Cc1ccc(C2=NN(C(=O)CCC(=O)O)[C@@H](c3ccccc3O)C2)o1. The fraction of sp³-hybridized carbons (Fsp3) is 0.278. The number of hydrogen-bond acceptors (Lipinski definition) is 5. The van der Waals surface area contributed by atoms with E-state index in [1.165, 1.54) is 5.01 Å². The van der Waals surface area contributed by atoms with Gasteiger partial charge in [0.25, 0.3) is 0 Å². The summed E-state index contributed by atoms with van der Waals surface area (Å²) >= 11 is 0. The smallest absolute Gasteiger partial charge is 0.303 e. The number of hydrazone groups is 1. The largest absolute Gasteiger partial charge is 0.508 e. The summed E-state index contributed by atoms with van der Waals surface area (Å²) < 4.78 is 5.58. The molecule has 2 N–H and O–H groups in total. The molecule has 0 radical (unpaired) electrons. The van der Waals surface area contributed by atoms with Crippen LogP contribution in [0.15, 0.2) is 45.9 Å². The van der Waals surface area contributed by atoms with Crippen molar-refractivity contribution >= 4 is 17.6 Å². The lowest BCUT2D eigenvalue weighted by Gasteiger charge is -2.22. The molecule has 2 heterocycles. The van der Waals surface area contributed by atoms with Gasteiger partial charge in [-0.3, -0.25) is 9.59 Å². The number of carboxylic acid groups (broad SMARTS) is 1. The van der Waals surface area contributed by atoms with E-state index < -0.39 is 17.9 Å². The van der Waals surface area contributed by atoms with Gasteiger partial charge in [-0.25, -0.2) is 5.01 Å². The van der Waals surface area contributed by atoms with E-state index in [0.717, 1.165) is 5.76 Å². The standard InChI is InChI=1S/C18H18N2O5/c1-11-6-7-16(25-11)13-10-14(12-4-2-3-5-15(12)21)20(19-13)17(22)8-9-18(23)24/h2-7,14,21H,8-10H2,1H3,(H,23,24)/t14-/m1/s1. The number of amides is 1. The van der Waals surface area contributed by atoms with Crippen LogP contribution in [0.3, 0.4) is 0 Å². The number of nitrogens with zero attached hydrogens (tertiary/aromatic N) is 2. The summed E-state index contributed by atoms with van der Waals surface area (Å²) in [5, 5.41) is 24.6. The van der Waals surface area contributed by atoms with Crippen molar-refractivity contribution in [2.45, 2.75) is 32.2 Å². The van der Waals surface area contributed by atoms with E-state index in [2.05, 4.69) is 5.10 Å². The predicted molar refractivity (Wildman–Crippen MR) is 89.2 cm³/mol. The second kappa shape index (κ2) is 6.80. The molecule has 0 spiro atoms. The van der Waals surface area contributed by atoms with Crippen molar-refractivity contribution < 1.29 is 24.2 Å². The molecular formula is C18H18N2O5. The van der Waals surface area contributed by atoms with Gasteiger partial charge in [0.05, 0.1) is 12.5 Å². The van der Waals surface area contributed by atoms with Gasteiger partial charge in [0.2, 0.25) is 5.91 Å². The first-order valence-electron chi connectivity index (χ1n) is 7.91. The van der Waals surface area contributed by atoms with Crippen LogP contribution in [-0.4, -0.2) is 32.8 Å². The zero-order valence-corrected chi connectivity index (χ0v) is 13.7. The van der Waals surface area contributed by atoms with Gasteiger partial charge in [0.15, 0.2) is 0 Å². The highest BCUT2D eigenvalue weighted by molar-refractivity contribution is 6.01. The number of phenolic OH excluding ortho intramolecular Hbond substituents is 1. The number of carbonyl (C=O) groups excluding carboxylic acids is 1. The highest BCUT2D eigenvalue weighted by Gasteiger charge is 2.35. The van der Waals surface area contributed by atoms with Gasteiger partial charge in [0, 0.05) is 18.4 Å². The quantitative estimate of drug-likeness (QED) is 0.869. The molecule has 1 aliphatic rings. The summed E-state index contributed by atoms with van der Waals surface area (Å²) in [6, 6.07) is 9.82. The molecule has 0 aliphatic carbocycles. The van der Waals surface area contributed by atoms with Crippen LogP contribution in [0.5, 0.6) is 5.75 Å². The van der Waals surface area contributed by atoms with Crippen molar-refractivity contribution in [2.24, 2.45) is 5.10 Å². The van der Waals surface area contributed by atoms with E-state index in [4.69, 9.17) is 9.52 Å². The van der Waals surface area contributed by atoms with Gasteiger partial charge in [-0.1, -0.05) is 18.2 Å². The Bertz CT molecular complexity index is 839. The normalized spacial score (nSPS) is 16.8. The Hall–Kier alpha value is -3.09. The lowest BCUT2D eigenvalue weighted by atomic mass is 9.99. The van der Waals surface area contributed by atoms with Crippen LogP contribution >= 0.6 is 0 Å². The number of benzene rings is 1. The topological polar surface area (TPSA) is 103 Å². The number of hydrogen-bond donors (Lipinski definition) is 2. The minimum absolute atomic E-state index is 0.0654. The first-order valence-corrected chi connectivity index (χ1v) is 7.91. The van der Waals surface area contributed by atoms with Crippen molar-refractivity contribution in [3.8, 4) is 5.75 Å². The molecule has 130 valence electrons. The molecule has 0 saturated carbocycles. The molecular weight excluding hydrogens is 324 g/mol. The van der Waals surface area contributed by atoms with E-state index in [1.807, 2.05) is 13.0 Å². The summed E-state index contributed by atoms with van der Waals surface area (Å²) in [7, 11) is 0. The third-order valence-electron chi connectivity index (χ3n) is 4.04. The van der Waals surface area contributed by atoms with Crippen molar-refractivity contribution in [3.63, 3.8) is 0 Å². The van der Waals surface area contributed by atoms with Crippen molar-refractivity contribution in [1.29, 1.82) is 0 Å². The van der Waals surface area contributed by atoms with Gasteiger partial charge in [-0.05, 0) is 25.1 Å². The number of carbonyl (C=O) groups is 2. The van der Waals surface area contributed by atoms with Gasteiger partial charge in [-0.15, -0.1) is 0 Å². The Morgan fingerprint density at radius 2 is 2.00 bits per heavy atom. The molecule has 3 rings (SSSR count). The molecule has 0 fully saturated rings. The zero-order chi connectivity index (χ0) is 18.0. The summed E-state index contributed by atoms with van der Waals surface area (Å²) in [4.78, 5) is 23.2. The Morgan fingerprint density at radius 1 is 1.24 bits per heavy atom. The van der Waals surface area contributed by atoms with Gasteiger partial charge in [0.1, 0.15) is 23.0 Å². The van der Waals surface area contributed by atoms with Crippen LogP contribution in [0.2, 0.25) is 0 Å². The third kappa shape index (κ3) is 3.55. The molecule has 1 aromatic heterocycles. The minimum atomic E-state index is -1.04. The second-order valence-electron chi connectivity index (χ2n) is 5.87. The summed E-state index contributed by atoms with van der Waals surface area (Å²) in [6.07, 6.45) is -0.0513. The maximum absolute atomic E-state index is 12.5. The Morgan fingerprint density at radius 3 is 2.64 bits per heavy atom. The lowest BCUT2D eigenvalue weighted by molar-refractivity contribution is -0.141. The number of aryl methyl sites for hydroxylation is 1. The van der Waals surface area contributed by atoms with Crippen molar-refractivity contribution in [3.05, 3.63) is 53.5 Å². The highest BCUT2D eigenvalue weighted by Crippen LogP contribution is 2.37. The van der Waals surface area contributed by atoms with Crippen LogP contribution in [0.1, 0.15) is 42.4 Å². The molecule has 7 heteroatoms. The number of furan rings is 1. The molecule has 2 aromatic rings. The van der Waals surface area contributed by atoms with Gasteiger partial charge in [-0.2, -0.15) is 5.10 Å². The fourth-order valence-corrected chi connectivity index (χ4v) is 2.82. The van der Waals surface area contributed by atoms with Crippen LogP contribution < -0.4 is 0 Å². The number of para-hydroxylation sites is 1. The average Bonchev–Trinajstić information content (AvgIpc) is 3.19. The molecule has 7 nitrogen and oxygen atoms in total. The zero-order valence-electron chi connectivity index (χ0n) is 13.7. The molecule has 1 aromatic carbocycles. The van der Waals surface area contributed by atoms with E-state index in [0.29, 0.717) is 23.5 Å². The summed E-state index contributed by atoms with van der Waals surface area (Å²) in [5.41, 5.74) is 1.15. The molecule has 1 aliphatic heterocycles. The summed E-state index contributed by atoms with van der Waals surface area (Å²) in [6.45, 7) is 1.81. The van der Waals surface area contributed by atoms with Crippen molar-refractivity contribution in [2.75, 3.05) is 0 Å². The number of rotatable bonds is 5. The molecule has 25 heavy (non-hydrogen) atoms. The first kappa shape index (κ1) is 16.8. The molecule has 0 saturated heterocycles. The van der Waals surface area contributed by atoms with Crippen LogP contribution in [-0.2, 0) is 9.59 Å². The Kier molecular flexibility index (Phi) is 4.56.